The maximum atomic E-state index is 11.2. The van der Waals surface area contributed by atoms with E-state index in [0.29, 0.717) is 12.2 Å². The number of aryl methyl sites for hydroxylation is 1. The van der Waals surface area contributed by atoms with Crippen molar-refractivity contribution in [3.05, 3.63) is 108 Å². The Kier molecular flexibility index (Phi) is 11.7. The molecule has 2 rings (SSSR count). The Hall–Kier alpha value is -2.98. The van der Waals surface area contributed by atoms with E-state index in [9.17, 15) is 9.90 Å². The second-order valence-corrected chi connectivity index (χ2v) is 7.89. The van der Waals surface area contributed by atoms with Crippen molar-refractivity contribution in [2.24, 2.45) is 0 Å². The molecule has 3 nitrogen and oxygen atoms in total. The highest BCUT2D eigenvalue weighted by Gasteiger charge is 2.07. The van der Waals surface area contributed by atoms with Gasteiger partial charge >= 0.3 is 5.97 Å². The number of carboxylic acids is 1. The smallest absolute Gasteiger partial charge is 0.336 e. The molecule has 0 radical (unpaired) electrons. The highest BCUT2D eigenvalue weighted by atomic mass is 32.2. The molecule has 0 atom stereocenters. The van der Waals surface area contributed by atoms with Crippen molar-refractivity contribution in [3.63, 3.8) is 0 Å². The Bertz CT molecular complexity index is 908. The fourth-order valence-electron chi connectivity index (χ4n) is 2.64. The number of aromatic carboxylic acids is 1. The van der Waals surface area contributed by atoms with Crippen LogP contribution in [0.5, 0.6) is 5.75 Å². The maximum absolute atomic E-state index is 11.2. The number of carboxylic acid groups (broad SMARTS) is 1. The highest BCUT2D eigenvalue weighted by molar-refractivity contribution is 7.99. The zero-order valence-corrected chi connectivity index (χ0v) is 18.8. The van der Waals surface area contributed by atoms with Crippen LogP contribution in [0.25, 0.3) is 0 Å². The molecule has 0 bridgehead atoms. The third-order valence-electron chi connectivity index (χ3n) is 4.30. The summed E-state index contributed by atoms with van der Waals surface area (Å²) >= 11 is 1.54. The Labute approximate surface area is 189 Å². The number of hydrogen-bond donors (Lipinski definition) is 1. The minimum Gasteiger partial charge on any atom is -0.490 e. The van der Waals surface area contributed by atoms with Crippen LogP contribution < -0.4 is 4.74 Å². The predicted octanol–water partition coefficient (Wildman–Crippen LogP) is 7.26. The Morgan fingerprint density at radius 1 is 0.839 bits per heavy atom. The lowest BCUT2D eigenvalue weighted by molar-refractivity contribution is 0.0693. The average Bonchev–Trinajstić information content (AvgIpc) is 2.77. The summed E-state index contributed by atoms with van der Waals surface area (Å²) in [5.74, 6) is 0.778. The summed E-state index contributed by atoms with van der Waals surface area (Å²) in [4.78, 5) is 12.0. The van der Waals surface area contributed by atoms with Gasteiger partial charge in [0.15, 0.2) is 0 Å². The van der Waals surface area contributed by atoms with Crippen LogP contribution in [0.3, 0.4) is 0 Å². The van der Waals surface area contributed by atoms with E-state index in [-0.39, 0.29) is 0 Å². The SMILES string of the molecule is Cc1ccc(OC/C=C\C/C=C\C/C=C\C/C=C\CSc2ccccc2C(=O)O)cc1. The van der Waals surface area contributed by atoms with Crippen LogP contribution in [0, 0.1) is 6.92 Å². The summed E-state index contributed by atoms with van der Waals surface area (Å²) in [6.45, 7) is 2.65. The van der Waals surface area contributed by atoms with Crippen molar-refractivity contribution in [1.29, 1.82) is 0 Å². The number of thioether (sulfide) groups is 1. The summed E-state index contributed by atoms with van der Waals surface area (Å²) in [7, 11) is 0. The molecule has 1 N–H and O–H groups in total. The molecule has 4 heteroatoms. The third kappa shape index (κ3) is 10.6. The molecule has 0 saturated heterocycles. The number of rotatable bonds is 13. The van der Waals surface area contributed by atoms with E-state index in [2.05, 4.69) is 49.5 Å². The molecular formula is C27H30O3S. The van der Waals surface area contributed by atoms with Crippen LogP contribution in [0.4, 0.5) is 0 Å². The van der Waals surface area contributed by atoms with Gasteiger partial charge in [0.25, 0.3) is 0 Å². The molecule has 0 fully saturated rings. The Morgan fingerprint density at radius 2 is 1.42 bits per heavy atom. The Morgan fingerprint density at radius 3 is 2.06 bits per heavy atom. The van der Waals surface area contributed by atoms with Crippen LogP contribution in [0.1, 0.15) is 35.2 Å². The van der Waals surface area contributed by atoms with Crippen molar-refractivity contribution >= 4 is 17.7 Å². The van der Waals surface area contributed by atoms with Gasteiger partial charge in [0, 0.05) is 10.6 Å². The van der Waals surface area contributed by atoms with Crippen molar-refractivity contribution in [3.8, 4) is 5.75 Å². The first-order valence-corrected chi connectivity index (χ1v) is 11.4. The molecule has 0 heterocycles. The van der Waals surface area contributed by atoms with Crippen LogP contribution >= 0.6 is 11.8 Å². The number of benzene rings is 2. The molecule has 2 aromatic carbocycles. The minimum atomic E-state index is -0.880. The van der Waals surface area contributed by atoms with Crippen LogP contribution in [-0.4, -0.2) is 23.4 Å². The lowest BCUT2D eigenvalue weighted by Gasteiger charge is -2.02. The average molecular weight is 435 g/mol. The largest absolute Gasteiger partial charge is 0.490 e. The van der Waals surface area contributed by atoms with E-state index in [0.717, 1.165) is 35.7 Å². The van der Waals surface area contributed by atoms with Gasteiger partial charge in [0.05, 0.1) is 5.56 Å². The zero-order chi connectivity index (χ0) is 22.2. The van der Waals surface area contributed by atoms with Crippen LogP contribution in [0.2, 0.25) is 0 Å². The second-order valence-electron chi connectivity index (χ2n) is 6.83. The van der Waals surface area contributed by atoms with Gasteiger partial charge in [-0.25, -0.2) is 4.79 Å². The van der Waals surface area contributed by atoms with E-state index < -0.39 is 5.97 Å². The molecule has 31 heavy (non-hydrogen) atoms. The zero-order valence-electron chi connectivity index (χ0n) is 17.9. The molecule has 0 aliphatic carbocycles. The van der Waals surface area contributed by atoms with E-state index in [1.54, 1.807) is 12.1 Å². The first kappa shape index (κ1) is 24.3. The Balaban J connectivity index is 1.51. The first-order valence-electron chi connectivity index (χ1n) is 10.4. The minimum absolute atomic E-state index is 0.362. The van der Waals surface area contributed by atoms with E-state index in [1.807, 2.05) is 42.5 Å². The summed E-state index contributed by atoms with van der Waals surface area (Å²) in [6, 6.07) is 15.2. The summed E-state index contributed by atoms with van der Waals surface area (Å²) in [5, 5.41) is 9.18. The summed E-state index contributed by atoms with van der Waals surface area (Å²) < 4.78 is 5.65. The number of ether oxygens (including phenoxy) is 1. The third-order valence-corrected chi connectivity index (χ3v) is 5.33. The molecule has 0 aliphatic rings. The topological polar surface area (TPSA) is 46.5 Å². The number of carbonyl (C=O) groups is 1. The van der Waals surface area contributed by atoms with Crippen LogP contribution in [0.15, 0.2) is 102 Å². The molecule has 0 unspecified atom stereocenters. The molecule has 2 aromatic rings. The van der Waals surface area contributed by atoms with Gasteiger partial charge in [-0.15, -0.1) is 11.8 Å². The van der Waals surface area contributed by atoms with Crippen molar-refractivity contribution < 1.29 is 14.6 Å². The van der Waals surface area contributed by atoms with Crippen molar-refractivity contribution in [1.82, 2.24) is 0 Å². The molecule has 0 aliphatic heterocycles. The number of hydrogen-bond acceptors (Lipinski definition) is 3. The maximum Gasteiger partial charge on any atom is 0.336 e. The number of allylic oxidation sites excluding steroid dienone is 6. The van der Waals surface area contributed by atoms with Crippen LogP contribution in [-0.2, 0) is 0 Å². The van der Waals surface area contributed by atoms with Gasteiger partial charge in [-0.2, -0.15) is 0 Å². The van der Waals surface area contributed by atoms with E-state index in [1.165, 1.54) is 17.3 Å². The van der Waals surface area contributed by atoms with Crippen molar-refractivity contribution in [2.75, 3.05) is 12.4 Å². The standard InChI is InChI=1S/C27H30O3S/c1-23-17-19-24(20-18-23)30-21-13-9-7-5-3-2-4-6-8-10-14-22-31-26-16-12-11-15-25(26)27(28)29/h3-6,9-20H,2,7-8,21-22H2,1H3,(H,28,29)/b5-3-,6-4-,13-9-,14-10-. The molecular weight excluding hydrogens is 404 g/mol. The lowest BCUT2D eigenvalue weighted by Crippen LogP contribution is -1.98. The first-order chi connectivity index (χ1) is 15.2. The predicted molar refractivity (Wildman–Crippen MR) is 131 cm³/mol. The molecule has 162 valence electrons. The molecule has 0 spiro atoms. The quantitative estimate of drug-likeness (QED) is 0.266. The summed E-state index contributed by atoms with van der Waals surface area (Å²) in [5.41, 5.74) is 1.59. The van der Waals surface area contributed by atoms with Crippen molar-refractivity contribution in [2.45, 2.75) is 31.1 Å². The molecule has 0 aromatic heterocycles. The highest BCUT2D eigenvalue weighted by Crippen LogP contribution is 2.22. The lowest BCUT2D eigenvalue weighted by atomic mass is 10.2. The normalized spacial score (nSPS) is 11.9. The van der Waals surface area contributed by atoms with Gasteiger partial charge in [-0.3, -0.25) is 0 Å². The monoisotopic (exact) mass is 434 g/mol. The molecule has 0 saturated carbocycles. The molecule has 0 amide bonds. The fraction of sp³-hybridized carbons (Fsp3) is 0.222. The van der Waals surface area contributed by atoms with E-state index >= 15 is 0 Å². The van der Waals surface area contributed by atoms with Gasteiger partial charge in [0.1, 0.15) is 12.4 Å². The van der Waals surface area contributed by atoms with E-state index in [4.69, 9.17) is 4.74 Å². The van der Waals surface area contributed by atoms with Gasteiger partial charge in [-0.1, -0.05) is 78.4 Å². The fourth-order valence-corrected chi connectivity index (χ4v) is 3.53. The summed E-state index contributed by atoms with van der Waals surface area (Å²) in [6.07, 6.45) is 19.6. The second kappa shape index (κ2) is 14.9. The van der Waals surface area contributed by atoms with Gasteiger partial charge in [-0.05, 0) is 50.5 Å². The van der Waals surface area contributed by atoms with Gasteiger partial charge < -0.3 is 9.84 Å². The van der Waals surface area contributed by atoms with Gasteiger partial charge in [0.2, 0.25) is 0 Å².